The van der Waals surface area contributed by atoms with E-state index in [1.54, 1.807) is 55.5 Å². The third kappa shape index (κ3) is 7.82. The van der Waals surface area contributed by atoms with E-state index in [0.717, 1.165) is 47.5 Å². The molecule has 1 unspecified atom stereocenters. The number of amides is 2. The standard InChI is InChI=1S/C31H35Cl2N3O4S/c1-22-16-17-27(19-29(22)33)36(41(39,40)28-14-7-4-8-15-28)21-30(37)35(20-24-10-9-11-25(32)18-24)23(2)31(38)34-26-12-5-3-6-13-26/h4,7-11,14-19,23,26H,3,5-6,12-13,20-21H2,1-2H3,(H,34,38). The monoisotopic (exact) mass is 615 g/mol. The maximum absolute atomic E-state index is 14.1. The van der Waals surface area contributed by atoms with Crippen LogP contribution in [0.1, 0.15) is 50.2 Å². The van der Waals surface area contributed by atoms with Crippen molar-refractivity contribution in [1.29, 1.82) is 0 Å². The number of rotatable bonds is 10. The summed E-state index contributed by atoms with van der Waals surface area (Å²) >= 11 is 12.6. The van der Waals surface area contributed by atoms with Crippen molar-refractivity contribution < 1.29 is 18.0 Å². The van der Waals surface area contributed by atoms with Crippen molar-refractivity contribution in [2.24, 2.45) is 0 Å². The van der Waals surface area contributed by atoms with Crippen LogP contribution >= 0.6 is 23.2 Å². The highest BCUT2D eigenvalue weighted by molar-refractivity contribution is 7.92. The number of hydrogen-bond acceptors (Lipinski definition) is 4. The first-order valence-corrected chi connectivity index (χ1v) is 15.9. The number of aryl methyl sites for hydroxylation is 1. The van der Waals surface area contributed by atoms with E-state index in [4.69, 9.17) is 23.2 Å². The van der Waals surface area contributed by atoms with Gasteiger partial charge in [0.2, 0.25) is 11.8 Å². The van der Waals surface area contributed by atoms with Gasteiger partial charge in [0.05, 0.1) is 10.6 Å². The Morgan fingerprint density at radius 1 is 0.951 bits per heavy atom. The van der Waals surface area contributed by atoms with E-state index >= 15 is 0 Å². The molecule has 0 aliphatic heterocycles. The molecule has 10 heteroatoms. The number of nitrogens with one attached hydrogen (secondary N) is 1. The van der Waals surface area contributed by atoms with Crippen molar-refractivity contribution in [2.75, 3.05) is 10.8 Å². The van der Waals surface area contributed by atoms with Crippen LogP contribution in [0.5, 0.6) is 0 Å². The molecule has 1 aliphatic carbocycles. The van der Waals surface area contributed by atoms with Gasteiger partial charge in [-0.1, -0.05) is 78.9 Å². The van der Waals surface area contributed by atoms with Crippen LogP contribution in [0.2, 0.25) is 10.0 Å². The SMILES string of the molecule is Cc1ccc(N(CC(=O)N(Cc2cccc(Cl)c2)C(C)C(=O)NC2CCCCC2)S(=O)(=O)c2ccccc2)cc1Cl. The largest absolute Gasteiger partial charge is 0.352 e. The number of benzene rings is 3. The van der Waals surface area contributed by atoms with E-state index in [0.29, 0.717) is 10.0 Å². The summed E-state index contributed by atoms with van der Waals surface area (Å²) in [6.07, 6.45) is 5.05. The van der Waals surface area contributed by atoms with Crippen LogP contribution in [0.3, 0.4) is 0 Å². The molecule has 7 nitrogen and oxygen atoms in total. The van der Waals surface area contributed by atoms with Crippen LogP contribution in [0, 0.1) is 6.92 Å². The van der Waals surface area contributed by atoms with E-state index < -0.39 is 28.5 Å². The zero-order valence-electron chi connectivity index (χ0n) is 23.2. The summed E-state index contributed by atoms with van der Waals surface area (Å²) in [6.45, 7) is 3.02. The van der Waals surface area contributed by atoms with E-state index in [-0.39, 0.29) is 29.1 Å². The predicted octanol–water partition coefficient (Wildman–Crippen LogP) is 6.36. The number of carbonyl (C=O) groups is 2. The van der Waals surface area contributed by atoms with Crippen LogP contribution < -0.4 is 9.62 Å². The summed E-state index contributed by atoms with van der Waals surface area (Å²) in [5.41, 5.74) is 1.74. The highest BCUT2D eigenvalue weighted by Gasteiger charge is 2.33. The summed E-state index contributed by atoms with van der Waals surface area (Å²) < 4.78 is 28.8. The minimum absolute atomic E-state index is 0.0361. The Balaban J connectivity index is 1.68. The minimum atomic E-state index is -4.16. The average Bonchev–Trinajstić information content (AvgIpc) is 2.96. The summed E-state index contributed by atoms with van der Waals surface area (Å²) in [5.74, 6) is -0.810. The first-order chi connectivity index (χ1) is 19.6. The third-order valence-corrected chi connectivity index (χ3v) is 9.84. The molecule has 1 fully saturated rings. The van der Waals surface area contributed by atoms with Gasteiger partial charge in [0.15, 0.2) is 0 Å². The molecule has 3 aromatic carbocycles. The number of nitrogens with zero attached hydrogens (tertiary/aromatic N) is 2. The average molecular weight is 617 g/mol. The first-order valence-electron chi connectivity index (χ1n) is 13.7. The van der Waals surface area contributed by atoms with Crippen molar-refractivity contribution >= 4 is 50.7 Å². The summed E-state index contributed by atoms with van der Waals surface area (Å²) in [4.78, 5) is 28.9. The molecule has 0 saturated heterocycles. The molecule has 2 amide bonds. The highest BCUT2D eigenvalue weighted by Crippen LogP contribution is 2.29. The summed E-state index contributed by atoms with van der Waals surface area (Å²) in [5, 5.41) is 3.97. The molecule has 1 atom stereocenters. The Morgan fingerprint density at radius 3 is 2.32 bits per heavy atom. The lowest BCUT2D eigenvalue weighted by molar-refractivity contribution is -0.139. The molecular weight excluding hydrogens is 581 g/mol. The lowest BCUT2D eigenvalue weighted by atomic mass is 9.95. The fraction of sp³-hybridized carbons (Fsp3) is 0.355. The van der Waals surface area contributed by atoms with Gasteiger partial charge in [0.1, 0.15) is 12.6 Å². The van der Waals surface area contributed by atoms with Gasteiger partial charge in [-0.05, 0) is 74.2 Å². The maximum Gasteiger partial charge on any atom is 0.264 e. The normalized spacial score (nSPS) is 14.7. The molecule has 41 heavy (non-hydrogen) atoms. The highest BCUT2D eigenvalue weighted by atomic mass is 35.5. The van der Waals surface area contributed by atoms with E-state index in [9.17, 15) is 18.0 Å². The van der Waals surface area contributed by atoms with Crippen molar-refractivity contribution in [2.45, 2.75) is 69.5 Å². The van der Waals surface area contributed by atoms with E-state index in [1.807, 2.05) is 13.0 Å². The van der Waals surface area contributed by atoms with E-state index in [1.165, 1.54) is 23.1 Å². The first kappa shape index (κ1) is 30.9. The molecule has 218 valence electrons. The van der Waals surface area contributed by atoms with Crippen LogP contribution in [-0.4, -0.2) is 43.8 Å². The molecule has 0 bridgehead atoms. The molecule has 0 aromatic heterocycles. The second kappa shape index (κ2) is 13.7. The number of halogens is 2. The second-order valence-corrected chi connectivity index (χ2v) is 13.1. The second-order valence-electron chi connectivity index (χ2n) is 10.4. The smallest absolute Gasteiger partial charge is 0.264 e. The topological polar surface area (TPSA) is 86.8 Å². The van der Waals surface area contributed by atoms with Crippen molar-refractivity contribution in [1.82, 2.24) is 10.2 Å². The van der Waals surface area contributed by atoms with Gasteiger partial charge in [-0.2, -0.15) is 0 Å². The van der Waals surface area contributed by atoms with Crippen LogP contribution in [0.4, 0.5) is 5.69 Å². The van der Waals surface area contributed by atoms with Crippen LogP contribution in [0.25, 0.3) is 0 Å². The predicted molar refractivity (Wildman–Crippen MR) is 164 cm³/mol. The van der Waals surface area contributed by atoms with Gasteiger partial charge in [-0.3, -0.25) is 13.9 Å². The fourth-order valence-electron chi connectivity index (χ4n) is 4.97. The summed E-state index contributed by atoms with van der Waals surface area (Å²) in [7, 11) is -4.16. The Hall–Kier alpha value is -3.07. The number of sulfonamides is 1. The molecule has 4 rings (SSSR count). The molecule has 0 radical (unpaired) electrons. The molecule has 1 N–H and O–H groups in total. The Morgan fingerprint density at radius 2 is 1.66 bits per heavy atom. The lowest BCUT2D eigenvalue weighted by Crippen LogP contribution is -2.53. The maximum atomic E-state index is 14.1. The Labute approximate surface area is 252 Å². The minimum Gasteiger partial charge on any atom is -0.352 e. The molecule has 1 aliphatic rings. The van der Waals surface area contributed by atoms with Gasteiger partial charge < -0.3 is 10.2 Å². The quantitative estimate of drug-likeness (QED) is 0.287. The van der Waals surface area contributed by atoms with Crippen LogP contribution in [-0.2, 0) is 26.2 Å². The van der Waals surface area contributed by atoms with Gasteiger partial charge in [0.25, 0.3) is 10.0 Å². The zero-order valence-corrected chi connectivity index (χ0v) is 25.6. The lowest BCUT2D eigenvalue weighted by Gasteiger charge is -2.33. The van der Waals surface area contributed by atoms with Crippen LogP contribution in [0.15, 0.2) is 77.7 Å². The van der Waals surface area contributed by atoms with Crippen molar-refractivity contribution in [3.8, 4) is 0 Å². The number of carbonyl (C=O) groups excluding carboxylic acids is 2. The molecular formula is C31H35Cl2N3O4S. The zero-order chi connectivity index (χ0) is 29.6. The van der Waals surface area contributed by atoms with E-state index in [2.05, 4.69) is 5.32 Å². The van der Waals surface area contributed by atoms with Gasteiger partial charge in [-0.25, -0.2) is 8.42 Å². The molecule has 3 aromatic rings. The van der Waals surface area contributed by atoms with Gasteiger partial charge >= 0.3 is 0 Å². The van der Waals surface area contributed by atoms with Gasteiger partial charge in [0, 0.05) is 22.6 Å². The number of hydrogen-bond donors (Lipinski definition) is 1. The number of anilines is 1. The van der Waals surface area contributed by atoms with Crippen molar-refractivity contribution in [3.63, 3.8) is 0 Å². The molecule has 0 heterocycles. The van der Waals surface area contributed by atoms with Gasteiger partial charge in [-0.15, -0.1) is 0 Å². The Bertz CT molecular complexity index is 1480. The van der Waals surface area contributed by atoms with Crippen molar-refractivity contribution in [3.05, 3.63) is 94.0 Å². The third-order valence-electron chi connectivity index (χ3n) is 7.41. The molecule has 1 saturated carbocycles. The fourth-order valence-corrected chi connectivity index (χ4v) is 6.78. The Kier molecular flexibility index (Phi) is 10.3. The molecule has 0 spiro atoms. The summed E-state index contributed by atoms with van der Waals surface area (Å²) in [6, 6.07) is 19.0.